The van der Waals surface area contributed by atoms with Crippen LogP contribution in [0, 0.1) is 5.82 Å². The van der Waals surface area contributed by atoms with Gasteiger partial charge in [-0.25, -0.2) is 9.37 Å². The van der Waals surface area contributed by atoms with Gasteiger partial charge in [0.25, 0.3) is 5.91 Å². The summed E-state index contributed by atoms with van der Waals surface area (Å²) in [6.07, 6.45) is 0. The van der Waals surface area contributed by atoms with Crippen LogP contribution in [0.25, 0.3) is 33.3 Å². The summed E-state index contributed by atoms with van der Waals surface area (Å²) in [6, 6.07) is 22.5. The Morgan fingerprint density at radius 1 is 1.00 bits per heavy atom. The fourth-order valence-corrected chi connectivity index (χ4v) is 3.86. The topological polar surface area (TPSA) is 76.4 Å². The molecule has 0 atom stereocenters. The van der Waals surface area contributed by atoms with Gasteiger partial charge in [-0.05, 0) is 71.5 Å². The Balaban J connectivity index is 1.33. The fraction of sp³-hybridized carbons (Fsp3) is 0.0385. The molecule has 0 bridgehead atoms. The Bertz CT molecular complexity index is 1560. The monoisotopic (exact) mass is 471 g/mol. The van der Waals surface area contributed by atoms with Gasteiger partial charge >= 0.3 is 0 Å². The second-order valence-electron chi connectivity index (χ2n) is 7.52. The summed E-state index contributed by atoms with van der Waals surface area (Å²) < 4.78 is 24.7. The predicted octanol–water partition coefficient (Wildman–Crippen LogP) is 5.92. The van der Waals surface area contributed by atoms with Crippen molar-refractivity contribution >= 4 is 50.8 Å². The van der Waals surface area contributed by atoms with E-state index in [9.17, 15) is 9.18 Å². The van der Waals surface area contributed by atoms with E-state index in [4.69, 9.17) is 21.4 Å². The number of halogens is 1. The first-order valence-corrected chi connectivity index (χ1v) is 10.8. The smallest absolute Gasteiger partial charge is 0.261 e. The SMILES string of the molecule is COc1cc2ccccc2cc1C(=O)NC(=S)Nc1ccc2oc(-c3cccc(F)c3)nc2c1. The lowest BCUT2D eigenvalue weighted by Crippen LogP contribution is -2.34. The first-order valence-electron chi connectivity index (χ1n) is 10.4. The number of methoxy groups -OCH3 is 1. The van der Waals surface area contributed by atoms with Gasteiger partial charge in [-0.15, -0.1) is 0 Å². The van der Waals surface area contributed by atoms with E-state index in [0.717, 1.165) is 10.8 Å². The highest BCUT2D eigenvalue weighted by molar-refractivity contribution is 7.80. The Morgan fingerprint density at radius 3 is 2.56 bits per heavy atom. The third kappa shape index (κ3) is 4.31. The zero-order valence-corrected chi connectivity index (χ0v) is 18.8. The molecule has 0 saturated heterocycles. The average Bonchev–Trinajstić information content (AvgIpc) is 3.26. The molecule has 5 rings (SSSR count). The van der Waals surface area contributed by atoms with Crippen molar-refractivity contribution in [3.63, 3.8) is 0 Å². The lowest BCUT2D eigenvalue weighted by atomic mass is 10.1. The van der Waals surface area contributed by atoms with Crippen LogP contribution in [0.1, 0.15) is 10.4 Å². The molecule has 0 aliphatic rings. The van der Waals surface area contributed by atoms with Gasteiger partial charge in [0.05, 0.1) is 12.7 Å². The van der Waals surface area contributed by atoms with Gasteiger partial charge < -0.3 is 14.5 Å². The standard InChI is InChI=1S/C26H18FN3O3S/c1-32-23-13-16-6-3-2-5-15(16)12-20(23)24(31)30-26(34)28-19-9-10-22-21(14-19)29-25(33-22)17-7-4-8-18(27)11-17/h2-14H,1H3,(H2,28,30,31,34). The molecule has 0 aliphatic heterocycles. The van der Waals surface area contributed by atoms with Crippen LogP contribution >= 0.6 is 12.2 Å². The zero-order chi connectivity index (χ0) is 23.7. The van der Waals surface area contributed by atoms with E-state index >= 15 is 0 Å². The number of hydrogen-bond acceptors (Lipinski definition) is 5. The maximum absolute atomic E-state index is 13.5. The van der Waals surface area contributed by atoms with Crippen LogP contribution in [-0.2, 0) is 0 Å². The molecule has 0 spiro atoms. The van der Waals surface area contributed by atoms with Crippen molar-refractivity contribution in [2.75, 3.05) is 12.4 Å². The van der Waals surface area contributed by atoms with Crippen molar-refractivity contribution in [1.82, 2.24) is 10.3 Å². The van der Waals surface area contributed by atoms with Crippen LogP contribution < -0.4 is 15.4 Å². The normalized spacial score (nSPS) is 10.9. The third-order valence-corrected chi connectivity index (χ3v) is 5.46. The molecule has 1 amide bonds. The molecule has 1 aromatic heterocycles. The van der Waals surface area contributed by atoms with E-state index in [-0.39, 0.29) is 10.9 Å². The van der Waals surface area contributed by atoms with Crippen molar-refractivity contribution in [2.45, 2.75) is 0 Å². The molecule has 8 heteroatoms. The van der Waals surface area contributed by atoms with Crippen molar-refractivity contribution in [3.8, 4) is 17.2 Å². The van der Waals surface area contributed by atoms with Crippen LogP contribution in [0.15, 0.2) is 83.3 Å². The average molecular weight is 472 g/mol. The van der Waals surface area contributed by atoms with Gasteiger partial charge in [-0.2, -0.15) is 0 Å². The third-order valence-electron chi connectivity index (χ3n) is 5.26. The number of carbonyl (C=O) groups excluding carboxylic acids is 1. The minimum absolute atomic E-state index is 0.119. The number of oxazole rings is 1. The molecular weight excluding hydrogens is 453 g/mol. The Labute approximate surface area is 199 Å². The quantitative estimate of drug-likeness (QED) is 0.317. The molecule has 0 unspecified atom stereocenters. The van der Waals surface area contributed by atoms with Gasteiger partial charge in [-0.1, -0.05) is 30.3 Å². The minimum atomic E-state index is -0.393. The number of thiocarbonyl (C=S) groups is 1. The molecule has 5 aromatic rings. The molecule has 0 aliphatic carbocycles. The lowest BCUT2D eigenvalue weighted by molar-refractivity contribution is 0.0975. The lowest BCUT2D eigenvalue weighted by Gasteiger charge is -2.12. The summed E-state index contributed by atoms with van der Waals surface area (Å²) in [5.74, 6) is 0.000997. The summed E-state index contributed by atoms with van der Waals surface area (Å²) in [7, 11) is 1.52. The van der Waals surface area contributed by atoms with Crippen molar-refractivity contribution in [1.29, 1.82) is 0 Å². The number of fused-ring (bicyclic) bond motifs is 2. The summed E-state index contributed by atoms with van der Waals surface area (Å²) in [4.78, 5) is 17.3. The first-order chi connectivity index (χ1) is 16.5. The van der Waals surface area contributed by atoms with Crippen molar-refractivity contribution < 1.29 is 18.3 Å². The number of ether oxygens (including phenoxy) is 1. The van der Waals surface area contributed by atoms with Crippen LogP contribution in [0.4, 0.5) is 10.1 Å². The highest BCUT2D eigenvalue weighted by Gasteiger charge is 2.16. The molecule has 0 radical (unpaired) electrons. The molecular formula is C26H18FN3O3S. The molecule has 6 nitrogen and oxygen atoms in total. The summed E-state index contributed by atoms with van der Waals surface area (Å²) in [5, 5.41) is 7.67. The molecule has 0 fully saturated rings. The van der Waals surface area contributed by atoms with Gasteiger partial charge in [-0.3, -0.25) is 10.1 Å². The molecule has 2 N–H and O–H groups in total. The van der Waals surface area contributed by atoms with E-state index < -0.39 is 5.91 Å². The zero-order valence-electron chi connectivity index (χ0n) is 18.0. The second-order valence-corrected chi connectivity index (χ2v) is 7.93. The number of rotatable bonds is 4. The molecule has 1 heterocycles. The van der Waals surface area contributed by atoms with Crippen molar-refractivity contribution in [3.05, 3.63) is 90.2 Å². The number of benzene rings is 4. The number of nitrogens with one attached hydrogen (secondary N) is 2. The van der Waals surface area contributed by atoms with E-state index in [2.05, 4.69) is 15.6 Å². The van der Waals surface area contributed by atoms with E-state index in [1.165, 1.54) is 19.2 Å². The highest BCUT2D eigenvalue weighted by Crippen LogP contribution is 2.27. The number of nitrogens with zero attached hydrogens (tertiary/aromatic N) is 1. The maximum Gasteiger partial charge on any atom is 0.261 e. The van der Waals surface area contributed by atoms with Crippen LogP contribution in [-0.4, -0.2) is 23.1 Å². The Hall–Kier alpha value is -4.30. The van der Waals surface area contributed by atoms with Gasteiger partial charge in [0.15, 0.2) is 10.7 Å². The fourth-order valence-electron chi connectivity index (χ4n) is 3.65. The number of carbonyl (C=O) groups is 1. The van der Waals surface area contributed by atoms with Crippen LogP contribution in [0.2, 0.25) is 0 Å². The molecule has 4 aromatic carbocycles. The van der Waals surface area contributed by atoms with Crippen molar-refractivity contribution in [2.24, 2.45) is 0 Å². The van der Waals surface area contributed by atoms with Gasteiger partial charge in [0.1, 0.15) is 17.1 Å². The van der Waals surface area contributed by atoms with E-state index in [0.29, 0.717) is 39.6 Å². The predicted molar refractivity (Wildman–Crippen MR) is 134 cm³/mol. The largest absolute Gasteiger partial charge is 0.496 e. The Kier molecular flexibility index (Phi) is 5.65. The Morgan fingerprint density at radius 2 is 1.79 bits per heavy atom. The van der Waals surface area contributed by atoms with Gasteiger partial charge in [0, 0.05) is 11.3 Å². The van der Waals surface area contributed by atoms with E-state index in [1.807, 2.05) is 30.3 Å². The number of hydrogen-bond donors (Lipinski definition) is 2. The number of anilines is 1. The summed E-state index contributed by atoms with van der Waals surface area (Å²) in [6.45, 7) is 0. The van der Waals surface area contributed by atoms with Gasteiger partial charge in [0.2, 0.25) is 5.89 Å². The summed E-state index contributed by atoms with van der Waals surface area (Å²) >= 11 is 5.34. The minimum Gasteiger partial charge on any atom is -0.496 e. The summed E-state index contributed by atoms with van der Waals surface area (Å²) in [5.41, 5.74) is 2.63. The molecule has 0 saturated carbocycles. The number of amides is 1. The van der Waals surface area contributed by atoms with Crippen LogP contribution in [0.5, 0.6) is 5.75 Å². The first kappa shape index (κ1) is 21.5. The molecule has 34 heavy (non-hydrogen) atoms. The second kappa shape index (κ2) is 8.92. The van der Waals surface area contributed by atoms with E-state index in [1.54, 1.807) is 36.4 Å². The molecule has 168 valence electrons. The number of aromatic nitrogens is 1. The van der Waals surface area contributed by atoms with Crippen LogP contribution in [0.3, 0.4) is 0 Å². The highest BCUT2D eigenvalue weighted by atomic mass is 32.1. The maximum atomic E-state index is 13.5.